The van der Waals surface area contributed by atoms with E-state index in [2.05, 4.69) is 28.2 Å². The molecule has 1 heterocycles. The van der Waals surface area contributed by atoms with Crippen LogP contribution in [0.15, 0.2) is 53.0 Å². The Labute approximate surface area is 156 Å². The van der Waals surface area contributed by atoms with E-state index in [-0.39, 0.29) is 11.8 Å². The summed E-state index contributed by atoms with van der Waals surface area (Å²) in [5, 5.41) is 2.88. The normalized spacial score (nSPS) is 15.0. The summed E-state index contributed by atoms with van der Waals surface area (Å²) in [6.07, 6.45) is 2.05. The smallest absolute Gasteiger partial charge is 0.256 e. The second-order valence-corrected chi connectivity index (χ2v) is 7.31. The number of hydrogen-bond donors (Lipinski definition) is 1. The first-order chi connectivity index (χ1) is 12.1. The minimum atomic E-state index is -0.236. The van der Waals surface area contributed by atoms with Gasteiger partial charge in [0.25, 0.3) is 11.8 Å². The van der Waals surface area contributed by atoms with Gasteiger partial charge in [0.1, 0.15) is 0 Å². The number of amides is 2. The molecule has 1 fully saturated rings. The lowest BCUT2D eigenvalue weighted by molar-refractivity contribution is 0.0698. The van der Waals surface area contributed by atoms with Gasteiger partial charge in [0.2, 0.25) is 0 Å². The molecule has 1 aliphatic heterocycles. The Morgan fingerprint density at radius 2 is 1.60 bits per heavy atom. The topological polar surface area (TPSA) is 49.4 Å². The third kappa shape index (κ3) is 4.10. The molecule has 25 heavy (non-hydrogen) atoms. The number of likely N-dealkylation sites (tertiary alicyclic amines) is 1. The molecular formula is C20H21BrN2O2. The van der Waals surface area contributed by atoms with Crippen molar-refractivity contribution >= 4 is 33.4 Å². The van der Waals surface area contributed by atoms with Crippen LogP contribution < -0.4 is 5.32 Å². The monoisotopic (exact) mass is 400 g/mol. The number of benzene rings is 2. The summed E-state index contributed by atoms with van der Waals surface area (Å²) in [5.41, 5.74) is 1.63. The Balaban J connectivity index is 1.80. The lowest BCUT2D eigenvalue weighted by Gasteiger charge is -2.30. The summed E-state index contributed by atoms with van der Waals surface area (Å²) >= 11 is 3.39. The van der Waals surface area contributed by atoms with E-state index in [9.17, 15) is 9.59 Å². The van der Waals surface area contributed by atoms with Gasteiger partial charge in [0.15, 0.2) is 0 Å². The standard InChI is InChI=1S/C20H21BrN2O2/c1-14-10-12-23(13-11-14)20(25)16-7-3-5-9-18(16)22-19(24)15-6-2-4-8-17(15)21/h2-9,14H,10-13H2,1H3,(H,22,24). The van der Waals surface area contributed by atoms with Gasteiger partial charge in [0.05, 0.1) is 16.8 Å². The third-order valence-electron chi connectivity index (χ3n) is 4.60. The van der Waals surface area contributed by atoms with Crippen LogP contribution in [0.3, 0.4) is 0 Å². The van der Waals surface area contributed by atoms with E-state index in [1.807, 2.05) is 35.2 Å². The molecule has 1 saturated heterocycles. The highest BCUT2D eigenvalue weighted by atomic mass is 79.9. The van der Waals surface area contributed by atoms with Gasteiger partial charge in [-0.05, 0) is 59.0 Å². The van der Waals surface area contributed by atoms with E-state index in [1.54, 1.807) is 18.2 Å². The SMILES string of the molecule is CC1CCN(C(=O)c2ccccc2NC(=O)c2ccccc2Br)CC1. The largest absolute Gasteiger partial charge is 0.339 e. The lowest BCUT2D eigenvalue weighted by Crippen LogP contribution is -2.38. The number of para-hydroxylation sites is 1. The Morgan fingerprint density at radius 1 is 1.00 bits per heavy atom. The predicted molar refractivity (Wildman–Crippen MR) is 103 cm³/mol. The van der Waals surface area contributed by atoms with E-state index < -0.39 is 0 Å². The number of carbonyl (C=O) groups excluding carboxylic acids is 2. The number of piperidine rings is 1. The van der Waals surface area contributed by atoms with E-state index in [4.69, 9.17) is 0 Å². The van der Waals surface area contributed by atoms with Crippen molar-refractivity contribution in [3.8, 4) is 0 Å². The van der Waals surface area contributed by atoms with E-state index in [1.165, 1.54) is 0 Å². The van der Waals surface area contributed by atoms with Crippen LogP contribution in [0.2, 0.25) is 0 Å². The van der Waals surface area contributed by atoms with Crippen molar-refractivity contribution in [3.63, 3.8) is 0 Å². The van der Waals surface area contributed by atoms with Crippen molar-refractivity contribution in [1.82, 2.24) is 4.90 Å². The summed E-state index contributed by atoms with van der Waals surface area (Å²) in [6.45, 7) is 3.76. The number of rotatable bonds is 3. The maximum atomic E-state index is 12.9. The summed E-state index contributed by atoms with van der Waals surface area (Å²) in [7, 11) is 0. The van der Waals surface area contributed by atoms with Crippen molar-refractivity contribution in [2.75, 3.05) is 18.4 Å². The molecule has 2 aromatic carbocycles. The molecular weight excluding hydrogens is 380 g/mol. The molecule has 3 rings (SSSR count). The van der Waals surface area contributed by atoms with Crippen molar-refractivity contribution in [2.24, 2.45) is 5.92 Å². The average Bonchev–Trinajstić information content (AvgIpc) is 2.62. The zero-order valence-electron chi connectivity index (χ0n) is 14.2. The van der Waals surface area contributed by atoms with Gasteiger partial charge in [-0.1, -0.05) is 31.2 Å². The molecule has 4 nitrogen and oxygen atoms in total. The van der Waals surface area contributed by atoms with Crippen LogP contribution in [-0.2, 0) is 0 Å². The van der Waals surface area contributed by atoms with Crippen LogP contribution in [0.5, 0.6) is 0 Å². The molecule has 0 saturated carbocycles. The molecule has 1 N–H and O–H groups in total. The second-order valence-electron chi connectivity index (χ2n) is 6.45. The fourth-order valence-corrected chi connectivity index (χ4v) is 3.46. The Hall–Kier alpha value is -2.14. The van der Waals surface area contributed by atoms with Gasteiger partial charge in [0, 0.05) is 17.6 Å². The maximum absolute atomic E-state index is 12.9. The summed E-state index contributed by atoms with van der Waals surface area (Å²) in [4.78, 5) is 27.3. The van der Waals surface area contributed by atoms with E-state index >= 15 is 0 Å². The quantitative estimate of drug-likeness (QED) is 0.819. The average molecular weight is 401 g/mol. The van der Waals surface area contributed by atoms with Crippen LogP contribution in [0, 0.1) is 5.92 Å². The Morgan fingerprint density at radius 3 is 2.28 bits per heavy atom. The van der Waals surface area contributed by atoms with Crippen molar-refractivity contribution in [1.29, 1.82) is 0 Å². The van der Waals surface area contributed by atoms with Crippen molar-refractivity contribution in [3.05, 3.63) is 64.1 Å². The van der Waals surface area contributed by atoms with Gasteiger partial charge < -0.3 is 10.2 Å². The maximum Gasteiger partial charge on any atom is 0.256 e. The zero-order chi connectivity index (χ0) is 17.8. The van der Waals surface area contributed by atoms with Gasteiger partial charge >= 0.3 is 0 Å². The molecule has 2 amide bonds. The number of nitrogens with zero attached hydrogens (tertiary/aromatic N) is 1. The van der Waals surface area contributed by atoms with Gasteiger partial charge in [-0.25, -0.2) is 0 Å². The molecule has 5 heteroatoms. The van der Waals surface area contributed by atoms with Crippen LogP contribution >= 0.6 is 15.9 Å². The molecule has 0 atom stereocenters. The second kappa shape index (κ2) is 7.83. The Kier molecular flexibility index (Phi) is 5.53. The van der Waals surface area contributed by atoms with Crippen molar-refractivity contribution in [2.45, 2.75) is 19.8 Å². The lowest BCUT2D eigenvalue weighted by atomic mass is 9.98. The summed E-state index contributed by atoms with van der Waals surface area (Å²) < 4.78 is 0.723. The molecule has 0 aliphatic carbocycles. The highest BCUT2D eigenvalue weighted by molar-refractivity contribution is 9.10. The molecule has 0 radical (unpaired) electrons. The molecule has 130 valence electrons. The minimum Gasteiger partial charge on any atom is -0.339 e. The summed E-state index contributed by atoms with van der Waals surface area (Å²) in [6, 6.07) is 14.4. The summed E-state index contributed by atoms with van der Waals surface area (Å²) in [5.74, 6) is 0.407. The first-order valence-electron chi connectivity index (χ1n) is 8.50. The fourth-order valence-electron chi connectivity index (χ4n) is 3.00. The van der Waals surface area contributed by atoms with Gasteiger partial charge in [-0.3, -0.25) is 9.59 Å². The molecule has 0 spiro atoms. The predicted octanol–water partition coefficient (Wildman–Crippen LogP) is 4.57. The number of anilines is 1. The molecule has 0 bridgehead atoms. The first kappa shape index (κ1) is 17.7. The zero-order valence-corrected chi connectivity index (χ0v) is 15.8. The van der Waals surface area contributed by atoms with E-state index in [0.29, 0.717) is 22.7 Å². The molecule has 0 unspecified atom stereocenters. The van der Waals surface area contributed by atoms with Crippen LogP contribution in [0.25, 0.3) is 0 Å². The minimum absolute atomic E-state index is 0.0186. The van der Waals surface area contributed by atoms with Gasteiger partial charge in [-0.15, -0.1) is 0 Å². The van der Waals surface area contributed by atoms with Crippen LogP contribution in [0.4, 0.5) is 5.69 Å². The number of hydrogen-bond acceptors (Lipinski definition) is 2. The number of carbonyl (C=O) groups is 2. The fraction of sp³-hybridized carbons (Fsp3) is 0.300. The van der Waals surface area contributed by atoms with Gasteiger partial charge in [-0.2, -0.15) is 0 Å². The molecule has 1 aliphatic rings. The van der Waals surface area contributed by atoms with Crippen molar-refractivity contribution < 1.29 is 9.59 Å². The number of nitrogens with one attached hydrogen (secondary N) is 1. The van der Waals surface area contributed by atoms with E-state index in [0.717, 1.165) is 30.4 Å². The molecule has 0 aromatic heterocycles. The van der Waals surface area contributed by atoms with Crippen LogP contribution in [0.1, 0.15) is 40.5 Å². The molecule has 2 aromatic rings. The Bertz CT molecular complexity index is 783. The highest BCUT2D eigenvalue weighted by Gasteiger charge is 2.23. The first-order valence-corrected chi connectivity index (χ1v) is 9.29. The third-order valence-corrected chi connectivity index (χ3v) is 5.29. The highest BCUT2D eigenvalue weighted by Crippen LogP contribution is 2.23. The van der Waals surface area contributed by atoms with Crippen LogP contribution in [-0.4, -0.2) is 29.8 Å². The number of halogens is 1.